The Kier molecular flexibility index (Phi) is 10.2. The van der Waals surface area contributed by atoms with Crippen molar-refractivity contribution >= 4 is 87.2 Å². The molecule has 0 N–H and O–H groups in total. The second kappa shape index (κ2) is 17.9. The van der Waals surface area contributed by atoms with Crippen LogP contribution in [0.1, 0.15) is 51.0 Å². The molecule has 0 aliphatic heterocycles. The molecule has 4 heterocycles. The van der Waals surface area contributed by atoms with Crippen LogP contribution in [0.25, 0.3) is 149 Å². The van der Waals surface area contributed by atoms with Gasteiger partial charge in [0.1, 0.15) is 22.3 Å². The molecule has 0 saturated heterocycles. The van der Waals surface area contributed by atoms with Gasteiger partial charge in [-0.1, -0.05) is 184 Å². The number of furan rings is 2. The van der Waals surface area contributed by atoms with Gasteiger partial charge in [0.15, 0.2) is 17.5 Å². The summed E-state index contributed by atoms with van der Waals surface area (Å²) >= 11 is 0. The lowest BCUT2D eigenvalue weighted by molar-refractivity contribution is 0.110. The number of nitrogens with zero attached hydrogens (tertiary/aromatic N) is 4. The topological polar surface area (TPSA) is 69.9 Å². The third-order valence-corrected chi connectivity index (χ3v) is 18.3. The lowest BCUT2D eigenvalue weighted by Gasteiger charge is -2.48. The first-order valence-corrected chi connectivity index (χ1v) is 28.8. The van der Waals surface area contributed by atoms with E-state index in [4.69, 9.17) is 23.8 Å². The van der Waals surface area contributed by atoms with Gasteiger partial charge in [-0.25, -0.2) is 15.0 Å². The van der Waals surface area contributed by atoms with Gasteiger partial charge in [-0.3, -0.25) is 0 Å². The maximum atomic E-state index is 7.19. The van der Waals surface area contributed by atoms with Crippen LogP contribution in [-0.4, -0.2) is 19.5 Å². The first kappa shape index (κ1) is 46.3. The number of hydrogen-bond acceptors (Lipinski definition) is 5. The van der Waals surface area contributed by atoms with Crippen LogP contribution in [0.15, 0.2) is 233 Å². The van der Waals surface area contributed by atoms with Gasteiger partial charge in [-0.05, 0) is 142 Å². The summed E-state index contributed by atoms with van der Waals surface area (Å²) in [4.78, 5) is 16.7. The fourth-order valence-corrected chi connectivity index (χ4v) is 15.0. The Morgan fingerprint density at radius 3 is 1.99 bits per heavy atom. The molecule has 11 aromatic carbocycles. The van der Waals surface area contributed by atoms with E-state index in [0.717, 1.165) is 133 Å². The van der Waals surface area contributed by atoms with Gasteiger partial charge >= 0.3 is 0 Å². The monoisotopic (exact) mass is 1040 g/mol. The minimum absolute atomic E-state index is 0.244. The Morgan fingerprint density at radius 1 is 0.444 bits per heavy atom. The summed E-state index contributed by atoms with van der Waals surface area (Å²) in [5, 5.41) is 10.9. The van der Waals surface area contributed by atoms with E-state index in [-0.39, 0.29) is 5.41 Å². The van der Waals surface area contributed by atoms with Crippen molar-refractivity contribution in [2.45, 2.75) is 50.9 Å². The van der Waals surface area contributed by atoms with Gasteiger partial charge in [0.2, 0.25) is 0 Å². The highest BCUT2D eigenvalue weighted by Gasteiger charge is 2.43. The van der Waals surface area contributed by atoms with Crippen molar-refractivity contribution in [2.24, 2.45) is 11.8 Å². The Balaban J connectivity index is 0.943. The average molecular weight is 1040 g/mol. The van der Waals surface area contributed by atoms with Gasteiger partial charge in [0.05, 0.1) is 22.2 Å². The molecule has 4 aromatic heterocycles. The van der Waals surface area contributed by atoms with Crippen LogP contribution in [0.5, 0.6) is 0 Å². The zero-order valence-corrected chi connectivity index (χ0v) is 44.9. The first-order valence-electron chi connectivity index (χ1n) is 28.8. The Hall–Kier alpha value is -9.65. The van der Waals surface area contributed by atoms with Crippen molar-refractivity contribution in [3.63, 3.8) is 0 Å². The molecule has 2 fully saturated rings. The lowest BCUT2D eigenvalue weighted by atomic mass is 9.57. The van der Waals surface area contributed by atoms with Crippen molar-refractivity contribution < 1.29 is 8.83 Å². The molecule has 386 valence electrons. The van der Waals surface area contributed by atoms with Crippen molar-refractivity contribution in [3.8, 4) is 62.1 Å². The smallest absolute Gasteiger partial charge is 0.167 e. The van der Waals surface area contributed by atoms with Crippen LogP contribution in [0, 0.1) is 11.8 Å². The minimum atomic E-state index is 0.244. The van der Waals surface area contributed by atoms with E-state index in [1.807, 2.05) is 12.1 Å². The van der Waals surface area contributed by atoms with Gasteiger partial charge in [0.25, 0.3) is 0 Å². The van der Waals surface area contributed by atoms with Gasteiger partial charge in [-0.15, -0.1) is 0 Å². The Labute approximate surface area is 468 Å². The lowest BCUT2D eigenvalue weighted by Crippen LogP contribution is -2.39. The van der Waals surface area contributed by atoms with E-state index < -0.39 is 0 Å². The van der Waals surface area contributed by atoms with Gasteiger partial charge in [-0.2, -0.15) is 0 Å². The molecular formula is C75H54N4O2. The third kappa shape index (κ3) is 7.29. The summed E-state index contributed by atoms with van der Waals surface area (Å²) in [6.07, 6.45) is 7.88. The van der Waals surface area contributed by atoms with Crippen LogP contribution in [-0.2, 0) is 5.41 Å². The van der Waals surface area contributed by atoms with Gasteiger partial charge < -0.3 is 13.4 Å². The fraction of sp³-hybridized carbons (Fsp3) is 0.133. The van der Waals surface area contributed by atoms with Crippen molar-refractivity contribution in [1.82, 2.24) is 19.5 Å². The second-order valence-corrected chi connectivity index (χ2v) is 23.3. The summed E-state index contributed by atoms with van der Waals surface area (Å²) in [7, 11) is 0. The number of para-hydroxylation sites is 5. The van der Waals surface area contributed by atoms with E-state index in [1.54, 1.807) is 0 Å². The van der Waals surface area contributed by atoms with Crippen molar-refractivity contribution in [3.05, 3.63) is 230 Å². The molecule has 2 aliphatic carbocycles. The Bertz CT molecular complexity index is 5040. The molecule has 15 aromatic rings. The molecule has 0 amide bonds. The molecule has 6 nitrogen and oxygen atoms in total. The number of aromatic nitrogens is 4. The van der Waals surface area contributed by atoms with E-state index in [0.29, 0.717) is 17.5 Å². The number of fused-ring (bicyclic) bond motifs is 15. The van der Waals surface area contributed by atoms with Crippen LogP contribution in [0.3, 0.4) is 0 Å². The van der Waals surface area contributed by atoms with E-state index in [1.165, 1.54) is 54.9 Å². The predicted molar refractivity (Wildman–Crippen MR) is 333 cm³/mol. The molecule has 0 spiro atoms. The molecule has 3 atom stereocenters. The number of rotatable bonds is 7. The molecule has 2 aliphatic rings. The molecular weight excluding hydrogens is 989 g/mol. The zero-order chi connectivity index (χ0) is 53.3. The van der Waals surface area contributed by atoms with E-state index >= 15 is 0 Å². The van der Waals surface area contributed by atoms with Crippen LogP contribution >= 0.6 is 0 Å². The Morgan fingerprint density at radius 2 is 1.12 bits per heavy atom. The maximum Gasteiger partial charge on any atom is 0.167 e. The summed E-state index contributed by atoms with van der Waals surface area (Å²) in [5.41, 5.74) is 15.1. The summed E-state index contributed by atoms with van der Waals surface area (Å²) in [6, 6.07) is 81.0. The van der Waals surface area contributed by atoms with Crippen molar-refractivity contribution in [2.75, 3.05) is 0 Å². The summed E-state index contributed by atoms with van der Waals surface area (Å²) in [6.45, 7) is 2.47. The predicted octanol–water partition coefficient (Wildman–Crippen LogP) is 20.3. The van der Waals surface area contributed by atoms with Crippen LogP contribution in [0.2, 0.25) is 0 Å². The SMILES string of the molecule is CC1CC2CCCC(c3ccc(-c4cc(-c5nc(-c6cccc7c6oc6ccccc67)nc(-c6cc7ccccc7c7c6oc6c8ccccc8ccc67)n5)cc(-c5cccc6c7ccccc7n(-c7ccccc7)c56)c4)cc3)(C1)C2. The van der Waals surface area contributed by atoms with E-state index in [9.17, 15) is 0 Å². The zero-order valence-electron chi connectivity index (χ0n) is 44.9. The molecule has 3 unspecified atom stereocenters. The quantitative estimate of drug-likeness (QED) is 0.159. The molecule has 2 saturated carbocycles. The molecule has 2 bridgehead atoms. The molecule has 17 rings (SSSR count). The summed E-state index contributed by atoms with van der Waals surface area (Å²) in [5.74, 6) is 3.13. The highest BCUT2D eigenvalue weighted by atomic mass is 16.3. The van der Waals surface area contributed by atoms with Crippen LogP contribution < -0.4 is 0 Å². The maximum absolute atomic E-state index is 7.19. The fourth-order valence-electron chi connectivity index (χ4n) is 15.0. The molecule has 81 heavy (non-hydrogen) atoms. The highest BCUT2D eigenvalue weighted by molar-refractivity contribution is 6.26. The van der Waals surface area contributed by atoms with Crippen molar-refractivity contribution in [1.29, 1.82) is 0 Å². The normalized spacial score (nSPS) is 17.4. The highest BCUT2D eigenvalue weighted by Crippen LogP contribution is 2.53. The minimum Gasteiger partial charge on any atom is -0.455 e. The molecule has 6 heteroatoms. The standard InChI is InChI=1S/C75H54N4O2/c1-45-38-46-16-15-37-75(43-45,44-46)53-34-31-47(32-35-53)50-39-51(56-25-13-26-60-58-23-9-11-29-65(58)79(68(56)60)54-19-3-2-4-20-54)41-52(40-50)72-76-73(63-28-14-27-61-59-24-10-12-30-66(59)80-70(61)63)78-74(77-72)64-42-49-18-6-7-21-55(49)67-62-36-33-48-17-5-8-22-57(48)69(62)81-71(64)67/h2-14,17-36,39-42,45-46H,15-16,37-38,43-44H2,1H3. The second-order valence-electron chi connectivity index (χ2n) is 23.3. The summed E-state index contributed by atoms with van der Waals surface area (Å²) < 4.78 is 16.4. The first-order chi connectivity index (χ1) is 40.0. The third-order valence-electron chi connectivity index (χ3n) is 18.3. The van der Waals surface area contributed by atoms with Gasteiger partial charge in [0, 0.05) is 54.5 Å². The van der Waals surface area contributed by atoms with E-state index in [2.05, 4.69) is 224 Å². The van der Waals surface area contributed by atoms with Crippen LogP contribution in [0.4, 0.5) is 0 Å². The largest absolute Gasteiger partial charge is 0.455 e. The molecule has 0 radical (unpaired) electrons. The number of benzene rings is 11. The number of hydrogen-bond donors (Lipinski definition) is 0. The average Bonchev–Trinajstić information content (AvgIpc) is 4.44.